The van der Waals surface area contributed by atoms with E-state index in [0.29, 0.717) is 22.6 Å². The summed E-state index contributed by atoms with van der Waals surface area (Å²) >= 11 is 0. The van der Waals surface area contributed by atoms with Crippen molar-refractivity contribution in [3.8, 4) is 0 Å². The van der Waals surface area contributed by atoms with E-state index >= 15 is 0 Å². The van der Waals surface area contributed by atoms with Gasteiger partial charge in [0.05, 0.1) is 11.0 Å². The van der Waals surface area contributed by atoms with Gasteiger partial charge in [-0.05, 0) is 42.8 Å². The van der Waals surface area contributed by atoms with Crippen LogP contribution in [0.1, 0.15) is 21.5 Å². The Morgan fingerprint density at radius 3 is 2.62 bits per heavy atom. The predicted octanol–water partition coefficient (Wildman–Crippen LogP) is 4.56. The molecule has 0 saturated heterocycles. The number of hydrogen-bond donors (Lipinski definition) is 1. The molecule has 0 bridgehead atoms. The number of benzene rings is 3. The molecule has 5 rings (SSSR count). The van der Waals surface area contributed by atoms with Gasteiger partial charge in [0, 0.05) is 16.8 Å². The van der Waals surface area contributed by atoms with Crippen LogP contribution in [0.15, 0.2) is 79.1 Å². The quantitative estimate of drug-likeness (QED) is 0.464. The Labute approximate surface area is 166 Å². The summed E-state index contributed by atoms with van der Waals surface area (Å²) in [6.07, 6.45) is 1.64. The number of nitrogens with one attached hydrogen (secondary N) is 1. The maximum absolute atomic E-state index is 12.8. The Balaban J connectivity index is 1.62. The largest absolute Gasteiger partial charge is 0.337 e. The molecule has 3 aromatic carbocycles. The van der Waals surface area contributed by atoms with Gasteiger partial charge in [-0.15, -0.1) is 10.2 Å². The monoisotopic (exact) mass is 379 g/mol. The van der Waals surface area contributed by atoms with Crippen molar-refractivity contribution in [2.45, 2.75) is 6.92 Å². The van der Waals surface area contributed by atoms with Crippen LogP contribution in [0.25, 0.3) is 16.7 Å². The Morgan fingerprint density at radius 2 is 1.79 bits per heavy atom. The Hall–Kier alpha value is -4.06. The minimum absolute atomic E-state index is 0.0318. The smallest absolute Gasteiger partial charge is 0.204 e. The second kappa shape index (κ2) is 6.83. The third kappa shape index (κ3) is 3.10. The fourth-order valence-electron chi connectivity index (χ4n) is 3.39. The highest BCUT2D eigenvalue weighted by Gasteiger charge is 2.14. The molecule has 0 aliphatic heterocycles. The Morgan fingerprint density at radius 1 is 0.931 bits per heavy atom. The summed E-state index contributed by atoms with van der Waals surface area (Å²) in [6, 6.07) is 22.8. The van der Waals surface area contributed by atoms with Gasteiger partial charge in [-0.25, -0.2) is 4.98 Å². The number of rotatable bonds is 4. The highest BCUT2D eigenvalue weighted by molar-refractivity contribution is 6.10. The second-order valence-corrected chi connectivity index (χ2v) is 6.88. The Kier molecular flexibility index (Phi) is 4.02. The summed E-state index contributed by atoms with van der Waals surface area (Å²) in [4.78, 5) is 17.6. The van der Waals surface area contributed by atoms with Crippen molar-refractivity contribution in [2.24, 2.45) is 0 Å². The molecule has 2 aromatic heterocycles. The fraction of sp³-hybridized carbons (Fsp3) is 0.0435. The fourth-order valence-corrected chi connectivity index (χ4v) is 3.39. The maximum atomic E-state index is 12.8. The third-order valence-corrected chi connectivity index (χ3v) is 4.81. The molecular formula is C23H17N5O. The molecule has 6 nitrogen and oxygen atoms in total. The number of fused-ring (bicyclic) bond motifs is 3. The van der Waals surface area contributed by atoms with Crippen LogP contribution in [0.4, 0.5) is 11.5 Å². The first-order valence-electron chi connectivity index (χ1n) is 9.26. The van der Waals surface area contributed by atoms with Crippen molar-refractivity contribution in [3.05, 3.63) is 95.8 Å². The molecule has 1 N–H and O–H groups in total. The van der Waals surface area contributed by atoms with Crippen LogP contribution in [0.3, 0.4) is 0 Å². The summed E-state index contributed by atoms with van der Waals surface area (Å²) in [5.74, 6) is 0.582. The van der Waals surface area contributed by atoms with E-state index in [1.54, 1.807) is 12.4 Å². The number of ketones is 1. The topological polar surface area (TPSA) is 72.2 Å². The zero-order valence-corrected chi connectivity index (χ0v) is 15.7. The van der Waals surface area contributed by atoms with Gasteiger partial charge in [0.15, 0.2) is 11.6 Å². The molecular weight excluding hydrogens is 362 g/mol. The highest BCUT2D eigenvalue weighted by atomic mass is 16.1. The third-order valence-electron chi connectivity index (χ3n) is 4.81. The maximum Gasteiger partial charge on any atom is 0.204 e. The van der Waals surface area contributed by atoms with Crippen LogP contribution in [-0.4, -0.2) is 25.4 Å². The standard InChI is InChI=1S/C23H17N5O/c1-15-6-5-9-18(12-15)25-22-23-27-24-14-28(23)20-13-17(10-11-19(20)26-22)21(29)16-7-3-2-4-8-16/h2-14H,1H3,(H,25,26). The van der Waals surface area contributed by atoms with Gasteiger partial charge in [-0.2, -0.15) is 0 Å². The molecule has 0 atom stereocenters. The molecule has 6 heteroatoms. The van der Waals surface area contributed by atoms with Crippen molar-refractivity contribution in [1.29, 1.82) is 0 Å². The van der Waals surface area contributed by atoms with Gasteiger partial charge < -0.3 is 5.32 Å². The second-order valence-electron chi connectivity index (χ2n) is 6.88. The molecule has 0 amide bonds. The van der Waals surface area contributed by atoms with Gasteiger partial charge >= 0.3 is 0 Å². The first-order chi connectivity index (χ1) is 14.2. The number of hydrogen-bond acceptors (Lipinski definition) is 5. The van der Waals surface area contributed by atoms with E-state index in [0.717, 1.165) is 22.3 Å². The first-order valence-corrected chi connectivity index (χ1v) is 9.26. The molecule has 5 aromatic rings. The van der Waals surface area contributed by atoms with Gasteiger partial charge in [0.2, 0.25) is 5.65 Å². The molecule has 29 heavy (non-hydrogen) atoms. The van der Waals surface area contributed by atoms with E-state index in [-0.39, 0.29) is 5.78 Å². The van der Waals surface area contributed by atoms with E-state index < -0.39 is 0 Å². The van der Waals surface area contributed by atoms with Gasteiger partial charge in [0.1, 0.15) is 6.33 Å². The van der Waals surface area contributed by atoms with Crippen LogP contribution >= 0.6 is 0 Å². The predicted molar refractivity (Wildman–Crippen MR) is 113 cm³/mol. The van der Waals surface area contributed by atoms with Gasteiger partial charge in [-0.3, -0.25) is 9.20 Å². The van der Waals surface area contributed by atoms with Crippen molar-refractivity contribution in [2.75, 3.05) is 5.32 Å². The number of carbonyl (C=O) groups is 1. The molecule has 0 radical (unpaired) electrons. The molecule has 0 aliphatic rings. The number of aryl methyl sites for hydroxylation is 1. The average molecular weight is 379 g/mol. The van der Waals surface area contributed by atoms with E-state index in [1.807, 2.05) is 78.1 Å². The molecule has 0 saturated carbocycles. The normalized spacial score (nSPS) is 11.1. The van der Waals surface area contributed by atoms with Crippen molar-refractivity contribution < 1.29 is 4.79 Å². The SMILES string of the molecule is Cc1cccc(Nc2nc3ccc(C(=O)c4ccccc4)cc3n3cnnc23)c1. The first kappa shape index (κ1) is 17.1. The van der Waals surface area contributed by atoms with Gasteiger partial charge in [0.25, 0.3) is 0 Å². The van der Waals surface area contributed by atoms with Crippen LogP contribution in [0.2, 0.25) is 0 Å². The van der Waals surface area contributed by atoms with Crippen LogP contribution in [0, 0.1) is 6.92 Å². The number of aromatic nitrogens is 4. The van der Waals surface area contributed by atoms with Crippen LogP contribution < -0.4 is 5.32 Å². The van der Waals surface area contributed by atoms with Crippen molar-refractivity contribution in [1.82, 2.24) is 19.6 Å². The summed E-state index contributed by atoms with van der Waals surface area (Å²) in [6.45, 7) is 2.04. The summed E-state index contributed by atoms with van der Waals surface area (Å²) in [7, 11) is 0. The van der Waals surface area contributed by atoms with Crippen LogP contribution in [-0.2, 0) is 0 Å². The number of nitrogens with zero attached hydrogens (tertiary/aromatic N) is 4. The number of carbonyl (C=O) groups excluding carboxylic acids is 1. The van der Waals surface area contributed by atoms with E-state index in [2.05, 4.69) is 15.5 Å². The lowest BCUT2D eigenvalue weighted by atomic mass is 10.0. The van der Waals surface area contributed by atoms with E-state index in [4.69, 9.17) is 4.98 Å². The highest BCUT2D eigenvalue weighted by Crippen LogP contribution is 2.25. The van der Waals surface area contributed by atoms with E-state index in [9.17, 15) is 4.79 Å². The van der Waals surface area contributed by atoms with E-state index in [1.165, 1.54) is 0 Å². The lowest BCUT2D eigenvalue weighted by Crippen LogP contribution is -2.04. The summed E-state index contributed by atoms with van der Waals surface area (Å²) in [5.41, 5.74) is 5.45. The van der Waals surface area contributed by atoms with Gasteiger partial charge in [-0.1, -0.05) is 42.5 Å². The zero-order chi connectivity index (χ0) is 19.8. The van der Waals surface area contributed by atoms with Crippen molar-refractivity contribution in [3.63, 3.8) is 0 Å². The minimum Gasteiger partial charge on any atom is -0.337 e. The number of anilines is 2. The zero-order valence-electron chi connectivity index (χ0n) is 15.7. The molecule has 0 spiro atoms. The van der Waals surface area contributed by atoms with Crippen molar-refractivity contribution >= 4 is 34.0 Å². The molecule has 140 valence electrons. The molecule has 0 aliphatic carbocycles. The molecule has 0 unspecified atom stereocenters. The Bertz CT molecular complexity index is 1360. The average Bonchev–Trinajstić information content (AvgIpc) is 3.24. The minimum atomic E-state index is -0.0318. The lowest BCUT2D eigenvalue weighted by Gasteiger charge is -2.10. The lowest BCUT2D eigenvalue weighted by molar-refractivity contribution is 0.103. The molecule has 2 heterocycles. The molecule has 0 fully saturated rings. The van der Waals surface area contributed by atoms with Crippen LogP contribution in [0.5, 0.6) is 0 Å². The summed E-state index contributed by atoms with van der Waals surface area (Å²) < 4.78 is 1.85. The summed E-state index contributed by atoms with van der Waals surface area (Å²) in [5, 5.41) is 11.6.